The number of aromatic nitrogens is 1. The van der Waals surface area contributed by atoms with E-state index in [4.69, 9.17) is 0 Å². The van der Waals surface area contributed by atoms with E-state index in [1.54, 1.807) is 11.3 Å². The SMILES string of the molecule is CC1CC(NCc2nc3ccccc3s2)CCN1C. The molecule has 2 heterocycles. The molecule has 4 heteroatoms. The Hall–Kier alpha value is -0.970. The quantitative estimate of drug-likeness (QED) is 0.933. The van der Waals surface area contributed by atoms with E-state index < -0.39 is 0 Å². The molecule has 0 spiro atoms. The molecule has 102 valence electrons. The van der Waals surface area contributed by atoms with Gasteiger partial charge in [0, 0.05) is 18.6 Å². The second kappa shape index (κ2) is 5.57. The third-order valence-electron chi connectivity index (χ3n) is 4.09. The second-order valence-corrected chi connectivity index (χ2v) is 6.62. The van der Waals surface area contributed by atoms with Crippen molar-refractivity contribution in [3.63, 3.8) is 0 Å². The lowest BCUT2D eigenvalue weighted by Crippen LogP contribution is -2.45. The molecule has 0 saturated carbocycles. The smallest absolute Gasteiger partial charge is 0.108 e. The zero-order valence-corrected chi connectivity index (χ0v) is 12.4. The van der Waals surface area contributed by atoms with Gasteiger partial charge in [0.15, 0.2) is 0 Å². The molecule has 1 aliphatic rings. The summed E-state index contributed by atoms with van der Waals surface area (Å²) < 4.78 is 1.29. The maximum absolute atomic E-state index is 4.68. The van der Waals surface area contributed by atoms with Crippen LogP contribution in [0, 0.1) is 0 Å². The topological polar surface area (TPSA) is 28.2 Å². The average Bonchev–Trinajstić information content (AvgIpc) is 2.83. The molecule has 0 amide bonds. The van der Waals surface area contributed by atoms with Crippen molar-refractivity contribution < 1.29 is 0 Å². The minimum atomic E-state index is 0.637. The molecule has 1 aromatic heterocycles. The van der Waals surface area contributed by atoms with Crippen LogP contribution in [-0.2, 0) is 6.54 Å². The first-order valence-corrected chi connectivity index (χ1v) is 7.82. The van der Waals surface area contributed by atoms with Crippen molar-refractivity contribution >= 4 is 21.6 Å². The Bertz CT molecular complexity index is 518. The highest BCUT2D eigenvalue weighted by Crippen LogP contribution is 2.22. The third kappa shape index (κ3) is 2.96. The molecule has 1 aromatic carbocycles. The number of rotatable bonds is 3. The molecule has 2 aromatic rings. The van der Waals surface area contributed by atoms with Gasteiger partial charge in [-0.05, 0) is 45.5 Å². The van der Waals surface area contributed by atoms with Crippen molar-refractivity contribution in [2.75, 3.05) is 13.6 Å². The van der Waals surface area contributed by atoms with Crippen LogP contribution in [0.2, 0.25) is 0 Å². The Kier molecular flexibility index (Phi) is 3.82. The minimum Gasteiger partial charge on any atom is -0.308 e. The Balaban J connectivity index is 1.60. The van der Waals surface area contributed by atoms with Crippen LogP contribution in [0.1, 0.15) is 24.8 Å². The van der Waals surface area contributed by atoms with Gasteiger partial charge in [-0.2, -0.15) is 0 Å². The zero-order chi connectivity index (χ0) is 13.2. The van der Waals surface area contributed by atoms with Gasteiger partial charge in [-0.15, -0.1) is 11.3 Å². The van der Waals surface area contributed by atoms with Crippen LogP contribution >= 0.6 is 11.3 Å². The van der Waals surface area contributed by atoms with Gasteiger partial charge in [-0.1, -0.05) is 12.1 Å². The lowest BCUT2D eigenvalue weighted by Gasteiger charge is -2.35. The van der Waals surface area contributed by atoms with E-state index in [2.05, 4.69) is 53.4 Å². The molecule has 3 rings (SSSR count). The lowest BCUT2D eigenvalue weighted by molar-refractivity contribution is 0.168. The first kappa shape index (κ1) is 13.0. The lowest BCUT2D eigenvalue weighted by atomic mass is 9.99. The molecule has 1 aliphatic heterocycles. The van der Waals surface area contributed by atoms with Gasteiger partial charge < -0.3 is 10.2 Å². The fourth-order valence-electron chi connectivity index (χ4n) is 2.70. The summed E-state index contributed by atoms with van der Waals surface area (Å²) in [7, 11) is 2.22. The number of para-hydroxylation sites is 1. The van der Waals surface area contributed by atoms with Crippen molar-refractivity contribution in [1.29, 1.82) is 0 Å². The molecule has 1 N–H and O–H groups in total. The predicted molar refractivity (Wildman–Crippen MR) is 81.6 cm³/mol. The van der Waals surface area contributed by atoms with E-state index in [1.165, 1.54) is 29.1 Å². The van der Waals surface area contributed by atoms with Crippen LogP contribution in [0.15, 0.2) is 24.3 Å². The maximum Gasteiger partial charge on any atom is 0.108 e. The Labute approximate surface area is 118 Å². The summed E-state index contributed by atoms with van der Waals surface area (Å²) >= 11 is 1.80. The van der Waals surface area contributed by atoms with Crippen LogP contribution in [0.3, 0.4) is 0 Å². The van der Waals surface area contributed by atoms with Gasteiger partial charge in [-0.3, -0.25) is 0 Å². The van der Waals surface area contributed by atoms with Gasteiger partial charge >= 0.3 is 0 Å². The standard InChI is InChI=1S/C15H21N3S/c1-11-9-12(7-8-18(11)2)16-10-15-17-13-5-3-4-6-14(13)19-15/h3-6,11-12,16H,7-10H2,1-2H3. The van der Waals surface area contributed by atoms with Gasteiger partial charge in [0.2, 0.25) is 0 Å². The number of hydrogen-bond donors (Lipinski definition) is 1. The molecule has 1 fully saturated rings. The van der Waals surface area contributed by atoms with E-state index in [-0.39, 0.29) is 0 Å². The van der Waals surface area contributed by atoms with Gasteiger partial charge in [0.1, 0.15) is 5.01 Å². The van der Waals surface area contributed by atoms with Crippen LogP contribution < -0.4 is 5.32 Å². The summed E-state index contributed by atoms with van der Waals surface area (Å²) in [5.41, 5.74) is 1.13. The Morgan fingerprint density at radius 2 is 2.26 bits per heavy atom. The van der Waals surface area contributed by atoms with Crippen molar-refractivity contribution in [2.24, 2.45) is 0 Å². The van der Waals surface area contributed by atoms with Gasteiger partial charge in [0.25, 0.3) is 0 Å². The predicted octanol–water partition coefficient (Wildman–Crippen LogP) is 2.87. The monoisotopic (exact) mass is 275 g/mol. The summed E-state index contributed by atoms with van der Waals surface area (Å²) in [5, 5.41) is 4.87. The van der Waals surface area contributed by atoms with Crippen LogP contribution in [0.25, 0.3) is 10.2 Å². The van der Waals surface area contributed by atoms with Crippen molar-refractivity contribution in [2.45, 2.75) is 38.4 Å². The van der Waals surface area contributed by atoms with E-state index in [0.29, 0.717) is 12.1 Å². The number of thiazole rings is 1. The maximum atomic E-state index is 4.68. The van der Waals surface area contributed by atoms with Crippen LogP contribution in [-0.4, -0.2) is 35.6 Å². The Morgan fingerprint density at radius 3 is 3.05 bits per heavy atom. The highest BCUT2D eigenvalue weighted by atomic mass is 32.1. The Morgan fingerprint density at radius 1 is 1.42 bits per heavy atom. The fraction of sp³-hybridized carbons (Fsp3) is 0.533. The normalized spacial score (nSPS) is 24.9. The average molecular weight is 275 g/mol. The minimum absolute atomic E-state index is 0.637. The second-order valence-electron chi connectivity index (χ2n) is 5.51. The molecule has 0 aliphatic carbocycles. The summed E-state index contributed by atoms with van der Waals surface area (Å²) in [6.07, 6.45) is 2.48. The summed E-state index contributed by atoms with van der Waals surface area (Å²) in [5.74, 6) is 0. The molecule has 19 heavy (non-hydrogen) atoms. The first-order valence-electron chi connectivity index (χ1n) is 7.00. The summed E-state index contributed by atoms with van der Waals surface area (Å²) in [6, 6.07) is 9.69. The molecule has 2 unspecified atom stereocenters. The molecule has 3 nitrogen and oxygen atoms in total. The van der Waals surface area contributed by atoms with Crippen molar-refractivity contribution in [3.05, 3.63) is 29.3 Å². The number of piperidine rings is 1. The highest BCUT2D eigenvalue weighted by molar-refractivity contribution is 7.18. The van der Waals surface area contributed by atoms with E-state index in [1.807, 2.05) is 0 Å². The summed E-state index contributed by atoms with van der Waals surface area (Å²) in [6.45, 7) is 4.41. The molecular weight excluding hydrogens is 254 g/mol. The largest absolute Gasteiger partial charge is 0.308 e. The number of likely N-dealkylation sites (tertiary alicyclic amines) is 1. The highest BCUT2D eigenvalue weighted by Gasteiger charge is 2.22. The van der Waals surface area contributed by atoms with Crippen molar-refractivity contribution in [3.8, 4) is 0 Å². The number of benzene rings is 1. The number of nitrogens with zero attached hydrogens (tertiary/aromatic N) is 2. The van der Waals surface area contributed by atoms with Crippen molar-refractivity contribution in [1.82, 2.24) is 15.2 Å². The molecule has 1 saturated heterocycles. The van der Waals surface area contributed by atoms with E-state index in [0.717, 1.165) is 12.1 Å². The van der Waals surface area contributed by atoms with Gasteiger partial charge in [-0.25, -0.2) is 4.98 Å². The summed E-state index contributed by atoms with van der Waals surface area (Å²) in [4.78, 5) is 7.12. The zero-order valence-electron chi connectivity index (χ0n) is 11.6. The number of hydrogen-bond acceptors (Lipinski definition) is 4. The third-order valence-corrected chi connectivity index (χ3v) is 5.12. The van der Waals surface area contributed by atoms with E-state index >= 15 is 0 Å². The molecule has 0 radical (unpaired) electrons. The number of nitrogens with one attached hydrogen (secondary N) is 1. The fourth-order valence-corrected chi connectivity index (χ4v) is 3.62. The molecule has 2 atom stereocenters. The van der Waals surface area contributed by atoms with E-state index in [9.17, 15) is 0 Å². The molecular formula is C15H21N3S. The van der Waals surface area contributed by atoms with Gasteiger partial charge in [0.05, 0.1) is 10.2 Å². The van der Waals surface area contributed by atoms with Crippen LogP contribution in [0.5, 0.6) is 0 Å². The first-order chi connectivity index (χ1) is 9.22. The number of fused-ring (bicyclic) bond motifs is 1. The van der Waals surface area contributed by atoms with Crippen LogP contribution in [0.4, 0.5) is 0 Å². The molecule has 0 bridgehead atoms.